The van der Waals surface area contributed by atoms with Crippen LogP contribution in [0.5, 0.6) is 0 Å². The van der Waals surface area contributed by atoms with Gasteiger partial charge in [-0.25, -0.2) is 4.79 Å². The molecule has 0 atom stereocenters. The molecular formula is C22H26O4. The van der Waals surface area contributed by atoms with E-state index in [9.17, 15) is 14.7 Å². The summed E-state index contributed by atoms with van der Waals surface area (Å²) in [5.74, 6) is -1.66. The standard InChI is InChI=1S/C22H26O4/c1-14-7-12-18(15(2)13-14)19(23)26-22(5,6)17-10-8-16(9-11-17)21(3,4)20(24)25/h7-13H,1-6H3,(H,24,25)/i2D3. The first-order valence-electron chi connectivity index (χ1n) is 9.85. The molecular weight excluding hydrogens is 328 g/mol. The number of carbonyl (C=O) groups excluding carboxylic acids is 1. The van der Waals surface area contributed by atoms with Crippen LogP contribution >= 0.6 is 0 Å². The molecule has 0 saturated heterocycles. The second kappa shape index (κ2) is 6.94. The number of aliphatic carboxylic acids is 1. The first kappa shape index (κ1) is 15.6. The Morgan fingerprint density at radius 3 is 2.12 bits per heavy atom. The molecule has 2 rings (SSSR count). The molecule has 0 aromatic heterocycles. The van der Waals surface area contributed by atoms with Gasteiger partial charge in [0.05, 0.1) is 11.0 Å². The normalized spacial score (nSPS) is 14.1. The summed E-state index contributed by atoms with van der Waals surface area (Å²) in [5.41, 5.74) is -0.0967. The zero-order valence-corrected chi connectivity index (χ0v) is 15.7. The number of carboxylic acids is 1. The van der Waals surface area contributed by atoms with Gasteiger partial charge in [-0.3, -0.25) is 4.79 Å². The Kier molecular flexibility index (Phi) is 4.17. The van der Waals surface area contributed by atoms with Crippen molar-refractivity contribution in [3.8, 4) is 0 Å². The van der Waals surface area contributed by atoms with Crippen LogP contribution < -0.4 is 0 Å². The summed E-state index contributed by atoms with van der Waals surface area (Å²) in [6.07, 6.45) is 0. The lowest BCUT2D eigenvalue weighted by Crippen LogP contribution is -2.29. The predicted molar refractivity (Wildman–Crippen MR) is 101 cm³/mol. The summed E-state index contributed by atoms with van der Waals surface area (Å²) in [4.78, 5) is 24.2. The van der Waals surface area contributed by atoms with Crippen LogP contribution in [0.25, 0.3) is 0 Å². The number of hydrogen-bond acceptors (Lipinski definition) is 3. The molecule has 0 saturated carbocycles. The molecule has 0 heterocycles. The van der Waals surface area contributed by atoms with Crippen LogP contribution in [-0.2, 0) is 20.5 Å². The Labute approximate surface area is 159 Å². The van der Waals surface area contributed by atoms with E-state index in [0.717, 1.165) is 5.56 Å². The van der Waals surface area contributed by atoms with Crippen molar-refractivity contribution in [1.29, 1.82) is 0 Å². The average Bonchev–Trinajstić information content (AvgIpc) is 2.60. The number of aryl methyl sites for hydroxylation is 2. The van der Waals surface area contributed by atoms with E-state index in [1.54, 1.807) is 65.0 Å². The van der Waals surface area contributed by atoms with Crippen LogP contribution in [0, 0.1) is 13.8 Å². The molecule has 0 spiro atoms. The monoisotopic (exact) mass is 357 g/mol. The van der Waals surface area contributed by atoms with Crippen molar-refractivity contribution in [2.24, 2.45) is 0 Å². The van der Waals surface area contributed by atoms with Crippen LogP contribution in [0.15, 0.2) is 42.5 Å². The molecule has 138 valence electrons. The van der Waals surface area contributed by atoms with Crippen LogP contribution in [-0.4, -0.2) is 17.0 Å². The summed E-state index contributed by atoms with van der Waals surface area (Å²) in [6, 6.07) is 11.4. The Morgan fingerprint density at radius 1 is 1.00 bits per heavy atom. The van der Waals surface area contributed by atoms with E-state index in [1.807, 2.05) is 0 Å². The van der Waals surface area contributed by atoms with Gasteiger partial charge in [-0.2, -0.15) is 0 Å². The van der Waals surface area contributed by atoms with Crippen molar-refractivity contribution >= 4 is 11.9 Å². The molecule has 0 aliphatic carbocycles. The lowest BCUT2D eigenvalue weighted by atomic mass is 9.83. The van der Waals surface area contributed by atoms with Gasteiger partial charge < -0.3 is 9.84 Å². The van der Waals surface area contributed by atoms with Gasteiger partial charge >= 0.3 is 11.9 Å². The molecule has 2 aromatic rings. The SMILES string of the molecule is [2H]C([2H])([2H])c1cc(C)ccc1C(=O)OC(C)(C)c1ccc(C(C)(C)C(=O)O)cc1. The molecule has 1 N–H and O–H groups in total. The minimum atomic E-state index is -2.44. The van der Waals surface area contributed by atoms with Crippen molar-refractivity contribution in [1.82, 2.24) is 0 Å². The molecule has 0 fully saturated rings. The minimum absolute atomic E-state index is 0.00676. The van der Waals surface area contributed by atoms with Crippen LogP contribution in [0.3, 0.4) is 0 Å². The first-order chi connectivity index (χ1) is 13.2. The van der Waals surface area contributed by atoms with Crippen LogP contribution in [0.1, 0.15) is 64.4 Å². The van der Waals surface area contributed by atoms with E-state index in [-0.39, 0.29) is 11.1 Å². The zero-order valence-electron chi connectivity index (χ0n) is 18.7. The molecule has 0 aliphatic rings. The molecule has 4 heteroatoms. The Bertz CT molecular complexity index is 926. The number of benzene rings is 2. The fourth-order valence-corrected chi connectivity index (χ4v) is 2.59. The van der Waals surface area contributed by atoms with Gasteiger partial charge in [0.15, 0.2) is 0 Å². The minimum Gasteiger partial charge on any atom is -0.481 e. The number of rotatable bonds is 5. The molecule has 26 heavy (non-hydrogen) atoms. The summed E-state index contributed by atoms with van der Waals surface area (Å²) in [7, 11) is 0. The lowest BCUT2D eigenvalue weighted by molar-refractivity contribution is -0.142. The van der Waals surface area contributed by atoms with E-state index in [1.165, 1.54) is 12.1 Å². The van der Waals surface area contributed by atoms with Crippen molar-refractivity contribution < 1.29 is 23.5 Å². The summed E-state index contributed by atoms with van der Waals surface area (Å²) < 4.78 is 28.7. The smallest absolute Gasteiger partial charge is 0.339 e. The number of esters is 1. The Morgan fingerprint density at radius 2 is 1.58 bits per heavy atom. The Balaban J connectivity index is 2.32. The number of carbonyl (C=O) groups is 2. The fraction of sp³-hybridized carbons (Fsp3) is 0.364. The number of ether oxygens (including phenoxy) is 1. The van der Waals surface area contributed by atoms with Gasteiger partial charge in [-0.05, 0) is 64.2 Å². The third-order valence-electron chi connectivity index (χ3n) is 4.58. The quantitative estimate of drug-likeness (QED) is 0.784. The van der Waals surface area contributed by atoms with Crippen molar-refractivity contribution in [2.45, 2.75) is 52.5 Å². The highest BCUT2D eigenvalue weighted by molar-refractivity contribution is 5.91. The van der Waals surface area contributed by atoms with Crippen molar-refractivity contribution in [3.05, 3.63) is 70.3 Å². The molecule has 4 nitrogen and oxygen atoms in total. The van der Waals surface area contributed by atoms with Gasteiger partial charge in [-0.1, -0.05) is 42.0 Å². The van der Waals surface area contributed by atoms with Gasteiger partial charge in [0.1, 0.15) is 5.60 Å². The highest BCUT2D eigenvalue weighted by atomic mass is 16.6. The number of carboxylic acid groups (broad SMARTS) is 1. The van der Waals surface area contributed by atoms with Gasteiger partial charge in [-0.15, -0.1) is 0 Å². The highest BCUT2D eigenvalue weighted by Crippen LogP contribution is 2.30. The summed E-state index contributed by atoms with van der Waals surface area (Å²) in [6.45, 7) is 5.95. The maximum absolute atomic E-state index is 12.8. The molecule has 0 aliphatic heterocycles. The largest absolute Gasteiger partial charge is 0.481 e. The molecule has 0 radical (unpaired) electrons. The number of hydrogen-bond donors (Lipinski definition) is 1. The maximum Gasteiger partial charge on any atom is 0.339 e. The average molecular weight is 357 g/mol. The third-order valence-corrected chi connectivity index (χ3v) is 4.58. The molecule has 2 aromatic carbocycles. The predicted octanol–water partition coefficient (Wildman–Crippen LogP) is 4.76. The zero-order chi connectivity index (χ0) is 22.2. The van der Waals surface area contributed by atoms with Gasteiger partial charge in [0, 0.05) is 4.11 Å². The van der Waals surface area contributed by atoms with E-state index < -0.39 is 29.8 Å². The van der Waals surface area contributed by atoms with E-state index in [4.69, 9.17) is 8.85 Å². The third kappa shape index (κ3) is 3.96. The van der Waals surface area contributed by atoms with Crippen molar-refractivity contribution in [2.75, 3.05) is 0 Å². The van der Waals surface area contributed by atoms with Gasteiger partial charge in [0.2, 0.25) is 0 Å². The Hall–Kier alpha value is -2.62. The van der Waals surface area contributed by atoms with E-state index in [2.05, 4.69) is 0 Å². The maximum atomic E-state index is 12.8. The second-order valence-corrected chi connectivity index (χ2v) is 7.46. The first-order valence-corrected chi connectivity index (χ1v) is 8.35. The summed E-state index contributed by atoms with van der Waals surface area (Å²) >= 11 is 0. The molecule has 0 bridgehead atoms. The topological polar surface area (TPSA) is 63.6 Å². The van der Waals surface area contributed by atoms with E-state index in [0.29, 0.717) is 11.1 Å². The van der Waals surface area contributed by atoms with Crippen LogP contribution in [0.2, 0.25) is 0 Å². The molecule has 0 unspecified atom stereocenters. The van der Waals surface area contributed by atoms with E-state index >= 15 is 0 Å². The molecule has 0 amide bonds. The fourth-order valence-electron chi connectivity index (χ4n) is 2.59. The second-order valence-electron chi connectivity index (χ2n) is 7.46. The van der Waals surface area contributed by atoms with Crippen LogP contribution in [0.4, 0.5) is 0 Å². The van der Waals surface area contributed by atoms with Crippen molar-refractivity contribution in [3.63, 3.8) is 0 Å². The lowest BCUT2D eigenvalue weighted by Gasteiger charge is -2.27. The van der Waals surface area contributed by atoms with Gasteiger partial charge in [0.25, 0.3) is 0 Å². The summed E-state index contributed by atoms with van der Waals surface area (Å²) in [5, 5.41) is 9.36. The highest BCUT2D eigenvalue weighted by Gasteiger charge is 2.31.